The third-order valence-corrected chi connectivity index (χ3v) is 6.40. The number of rotatable bonds is 9. The fourth-order valence-electron chi connectivity index (χ4n) is 3.85. The summed E-state index contributed by atoms with van der Waals surface area (Å²) in [5.41, 5.74) is 1.52. The lowest BCUT2D eigenvalue weighted by molar-refractivity contribution is -0.385. The highest BCUT2D eigenvalue weighted by molar-refractivity contribution is 8.16. The minimum atomic E-state index is -0.738. The topological polar surface area (TPSA) is 110 Å². The minimum Gasteiger partial charge on any atom is -0.395 e. The van der Waals surface area contributed by atoms with Crippen LogP contribution >= 0.6 is 11.8 Å². The highest BCUT2D eigenvalue weighted by Crippen LogP contribution is 2.61. The van der Waals surface area contributed by atoms with Gasteiger partial charge in [-0.15, -0.1) is 0 Å². The van der Waals surface area contributed by atoms with Crippen molar-refractivity contribution in [1.29, 1.82) is 0 Å². The molecule has 0 saturated carbocycles. The van der Waals surface area contributed by atoms with E-state index in [1.54, 1.807) is 24.3 Å². The predicted molar refractivity (Wildman–Crippen MR) is 118 cm³/mol. The molecule has 1 atom stereocenters. The number of benzene rings is 2. The van der Waals surface area contributed by atoms with Crippen LogP contribution in [-0.2, 0) is 4.79 Å². The molecule has 2 aromatic rings. The number of hydrazine groups is 1. The van der Waals surface area contributed by atoms with E-state index < -0.39 is 9.92 Å². The van der Waals surface area contributed by atoms with Crippen LogP contribution in [0.3, 0.4) is 0 Å². The van der Waals surface area contributed by atoms with Crippen molar-refractivity contribution in [3.05, 3.63) is 76.0 Å². The van der Waals surface area contributed by atoms with Gasteiger partial charge in [0.05, 0.1) is 35.9 Å². The van der Waals surface area contributed by atoms with Gasteiger partial charge >= 0.3 is 0 Å². The third kappa shape index (κ3) is 3.90. The maximum absolute atomic E-state index is 12.9. The van der Waals surface area contributed by atoms with Crippen molar-refractivity contribution in [2.45, 2.75) is 4.99 Å². The summed E-state index contributed by atoms with van der Waals surface area (Å²) in [4.78, 5) is 25.0. The number of hydrogen-bond acceptors (Lipinski definition) is 9. The van der Waals surface area contributed by atoms with E-state index >= 15 is 0 Å². The van der Waals surface area contributed by atoms with E-state index in [1.165, 1.54) is 6.07 Å². The second-order valence-corrected chi connectivity index (χ2v) is 8.39. The molecule has 2 fully saturated rings. The monoisotopic (exact) mass is 442 g/mol. The number of thioether (sulfide) groups is 1. The second-order valence-electron chi connectivity index (χ2n) is 7.16. The van der Waals surface area contributed by atoms with Gasteiger partial charge in [0.25, 0.3) is 5.69 Å². The zero-order valence-corrected chi connectivity index (χ0v) is 17.4. The average Bonchev–Trinajstić information content (AvgIpc) is 3.30. The van der Waals surface area contributed by atoms with Gasteiger partial charge < -0.3 is 10.2 Å². The van der Waals surface area contributed by atoms with Crippen molar-refractivity contribution >= 4 is 34.3 Å². The van der Waals surface area contributed by atoms with E-state index in [4.69, 9.17) is 0 Å². The number of nitro benzene ring substituents is 1. The summed E-state index contributed by atoms with van der Waals surface area (Å²) in [5.74, 6) is 0. The summed E-state index contributed by atoms with van der Waals surface area (Å²) < 4.78 is 0. The van der Waals surface area contributed by atoms with Crippen LogP contribution in [0.15, 0.2) is 60.3 Å². The van der Waals surface area contributed by atoms with Crippen LogP contribution in [0.4, 0.5) is 11.4 Å². The Hall–Kier alpha value is -2.92. The fraction of sp³-hybridized carbons (Fsp3) is 0.286. The van der Waals surface area contributed by atoms with Gasteiger partial charge in [-0.25, -0.2) is 10.0 Å². The van der Waals surface area contributed by atoms with Crippen LogP contribution in [0.2, 0.25) is 0 Å². The van der Waals surface area contributed by atoms with Crippen LogP contribution in [-0.4, -0.2) is 68.0 Å². The van der Waals surface area contributed by atoms with Crippen LogP contribution < -0.4 is 5.01 Å². The molecule has 0 aliphatic carbocycles. The molecule has 10 heteroatoms. The molecule has 2 heterocycles. The molecule has 2 saturated heterocycles. The molecular weight excluding hydrogens is 420 g/mol. The summed E-state index contributed by atoms with van der Waals surface area (Å²) in [5, 5.41) is 33.8. The molecular formula is C21H22N4O5S. The largest absolute Gasteiger partial charge is 0.395 e. The molecule has 2 N–H and O–H groups in total. The van der Waals surface area contributed by atoms with E-state index in [-0.39, 0.29) is 24.0 Å². The Morgan fingerprint density at radius 1 is 1.03 bits per heavy atom. The summed E-state index contributed by atoms with van der Waals surface area (Å²) >= 11 is 1.14. The molecule has 9 nitrogen and oxygen atoms in total. The van der Waals surface area contributed by atoms with Crippen LogP contribution in [0.5, 0.6) is 0 Å². The predicted octanol–water partition coefficient (Wildman–Crippen LogP) is 1.89. The first-order valence-corrected chi connectivity index (χ1v) is 10.6. The molecule has 2 aliphatic heterocycles. The molecule has 0 bridgehead atoms. The van der Waals surface area contributed by atoms with Crippen LogP contribution in [0.25, 0.3) is 6.08 Å². The number of carbonyl (C=O) groups is 1. The molecule has 0 aromatic heterocycles. The van der Waals surface area contributed by atoms with Crippen molar-refractivity contribution in [2.24, 2.45) is 0 Å². The Balaban J connectivity index is 1.73. The minimum absolute atomic E-state index is 0.0689. The quantitative estimate of drug-likeness (QED) is 0.260. The van der Waals surface area contributed by atoms with Gasteiger partial charge in [0.1, 0.15) is 5.70 Å². The van der Waals surface area contributed by atoms with Crippen molar-refractivity contribution in [2.75, 3.05) is 37.9 Å². The lowest BCUT2D eigenvalue weighted by Crippen LogP contribution is -2.39. The Bertz CT molecular complexity index is 1010. The molecule has 0 amide bonds. The van der Waals surface area contributed by atoms with Crippen molar-refractivity contribution in [3.8, 4) is 0 Å². The standard InChI is InChI=1S/C21H22N4O5S/c26-12-10-22(11-13-27)15-21-23(17-7-2-1-3-8-17)24(21)19(20(28)31-21)14-16-6-4-5-9-18(16)25(29)30/h1-9,14,26-27H,10-13,15H2/b19-14-. The van der Waals surface area contributed by atoms with Crippen LogP contribution in [0, 0.1) is 10.1 Å². The van der Waals surface area contributed by atoms with Gasteiger partial charge in [0.15, 0.2) is 0 Å². The zero-order valence-electron chi connectivity index (χ0n) is 16.6. The molecule has 2 aliphatic rings. The van der Waals surface area contributed by atoms with E-state index in [0.29, 0.717) is 30.9 Å². The van der Waals surface area contributed by atoms with Gasteiger partial charge in [-0.2, -0.15) is 0 Å². The molecule has 1 unspecified atom stereocenters. The Morgan fingerprint density at radius 2 is 1.68 bits per heavy atom. The smallest absolute Gasteiger partial charge is 0.276 e. The first-order valence-electron chi connectivity index (χ1n) is 9.80. The number of para-hydroxylation sites is 2. The maximum Gasteiger partial charge on any atom is 0.276 e. The molecule has 0 radical (unpaired) electrons. The number of nitro groups is 1. The molecule has 0 spiro atoms. The van der Waals surface area contributed by atoms with Crippen molar-refractivity contribution in [3.63, 3.8) is 0 Å². The van der Waals surface area contributed by atoms with Gasteiger partial charge in [-0.05, 0) is 36.0 Å². The Morgan fingerprint density at radius 3 is 2.32 bits per heavy atom. The average molecular weight is 442 g/mol. The number of fused-ring (bicyclic) bond motifs is 1. The van der Waals surface area contributed by atoms with Gasteiger partial charge in [0, 0.05) is 19.2 Å². The fourth-order valence-corrected chi connectivity index (χ4v) is 5.14. The van der Waals surface area contributed by atoms with E-state index in [0.717, 1.165) is 17.4 Å². The van der Waals surface area contributed by atoms with Gasteiger partial charge in [0.2, 0.25) is 10.1 Å². The second kappa shape index (κ2) is 8.67. The third-order valence-electron chi connectivity index (χ3n) is 5.20. The zero-order chi connectivity index (χ0) is 22.0. The van der Waals surface area contributed by atoms with Crippen molar-refractivity contribution < 1.29 is 19.9 Å². The molecule has 162 valence electrons. The van der Waals surface area contributed by atoms with E-state index in [2.05, 4.69) is 0 Å². The highest BCUT2D eigenvalue weighted by Gasteiger charge is 2.70. The first kappa shape index (κ1) is 21.3. The highest BCUT2D eigenvalue weighted by atomic mass is 32.2. The molecule has 2 aromatic carbocycles. The normalized spacial score (nSPS) is 21.1. The van der Waals surface area contributed by atoms with Gasteiger partial charge in [-0.3, -0.25) is 19.8 Å². The number of aliphatic hydroxyl groups is 2. The Labute approximate surface area is 183 Å². The maximum atomic E-state index is 12.9. The summed E-state index contributed by atoms with van der Waals surface area (Å²) in [6.07, 6.45) is 1.56. The number of nitrogens with zero attached hydrogens (tertiary/aromatic N) is 4. The summed E-state index contributed by atoms with van der Waals surface area (Å²) in [6, 6.07) is 15.9. The summed E-state index contributed by atoms with van der Waals surface area (Å²) in [6.45, 7) is 0.971. The van der Waals surface area contributed by atoms with Crippen LogP contribution in [0.1, 0.15) is 5.56 Å². The molecule has 4 rings (SSSR count). The lowest BCUT2D eigenvalue weighted by Gasteiger charge is -2.23. The van der Waals surface area contributed by atoms with Crippen molar-refractivity contribution in [1.82, 2.24) is 9.91 Å². The van der Waals surface area contributed by atoms with E-state index in [9.17, 15) is 25.1 Å². The SMILES string of the molecule is O=C1SC2(CN(CCO)CCO)N(/C1=C\c1ccccc1[N+](=O)[O-])N2c1ccccc1. The van der Waals surface area contributed by atoms with Gasteiger partial charge in [-0.1, -0.05) is 30.3 Å². The Kier molecular flexibility index (Phi) is 5.96. The van der Waals surface area contributed by atoms with E-state index in [1.807, 2.05) is 45.2 Å². The number of hydrogen-bond donors (Lipinski definition) is 2. The lowest BCUT2D eigenvalue weighted by atomic mass is 10.1. The summed E-state index contributed by atoms with van der Waals surface area (Å²) in [7, 11) is 0. The number of aliphatic hydroxyl groups excluding tert-OH is 2. The molecule has 31 heavy (non-hydrogen) atoms. The first-order chi connectivity index (χ1) is 15.0. The number of carbonyl (C=O) groups excluding carboxylic acids is 1. The number of anilines is 1.